The van der Waals surface area contributed by atoms with Gasteiger partial charge in [0.25, 0.3) is 0 Å². The SMILES string of the molecule is O=C(Nc1nc2c(s1)CCC2)[C@H]1CC(=O)N(Cc2cccc(C(F)(F)F)c2)C1. The van der Waals surface area contributed by atoms with Crippen LogP contribution in [0.15, 0.2) is 24.3 Å². The third-order valence-electron chi connectivity index (χ3n) is 5.04. The highest BCUT2D eigenvalue weighted by Crippen LogP contribution is 2.32. The number of nitrogens with zero attached hydrogens (tertiary/aromatic N) is 2. The van der Waals surface area contributed by atoms with Crippen LogP contribution in [0.1, 0.15) is 34.5 Å². The van der Waals surface area contributed by atoms with Gasteiger partial charge < -0.3 is 10.2 Å². The van der Waals surface area contributed by atoms with Crippen LogP contribution in [0.5, 0.6) is 0 Å². The Morgan fingerprint density at radius 3 is 2.89 bits per heavy atom. The van der Waals surface area contributed by atoms with Gasteiger partial charge in [-0.3, -0.25) is 9.59 Å². The normalized spacial score (nSPS) is 19.2. The molecule has 1 aliphatic heterocycles. The maximum absolute atomic E-state index is 12.9. The largest absolute Gasteiger partial charge is 0.416 e. The van der Waals surface area contributed by atoms with E-state index >= 15 is 0 Å². The Morgan fingerprint density at radius 1 is 1.32 bits per heavy atom. The number of aromatic nitrogens is 1. The van der Waals surface area contributed by atoms with Crippen molar-refractivity contribution in [3.63, 3.8) is 0 Å². The summed E-state index contributed by atoms with van der Waals surface area (Å²) in [5, 5.41) is 3.34. The number of benzene rings is 1. The molecule has 2 amide bonds. The molecule has 1 fully saturated rings. The van der Waals surface area contributed by atoms with E-state index in [4.69, 9.17) is 0 Å². The minimum absolute atomic E-state index is 0.0515. The van der Waals surface area contributed by atoms with Crippen molar-refractivity contribution in [2.45, 2.75) is 38.4 Å². The number of alkyl halides is 3. The van der Waals surface area contributed by atoms with Gasteiger partial charge >= 0.3 is 6.18 Å². The molecule has 1 N–H and O–H groups in total. The van der Waals surface area contributed by atoms with Crippen molar-refractivity contribution in [3.8, 4) is 0 Å². The van der Waals surface area contributed by atoms with Crippen molar-refractivity contribution in [2.24, 2.45) is 5.92 Å². The number of likely N-dealkylation sites (tertiary alicyclic amines) is 1. The number of rotatable bonds is 4. The van der Waals surface area contributed by atoms with E-state index in [1.807, 2.05) is 0 Å². The number of thiazole rings is 1. The molecule has 9 heteroatoms. The van der Waals surface area contributed by atoms with Crippen molar-refractivity contribution < 1.29 is 22.8 Å². The van der Waals surface area contributed by atoms with Gasteiger partial charge in [-0.25, -0.2) is 4.98 Å². The van der Waals surface area contributed by atoms with E-state index in [9.17, 15) is 22.8 Å². The molecule has 1 saturated heterocycles. The van der Waals surface area contributed by atoms with Crippen LogP contribution in [0.3, 0.4) is 0 Å². The van der Waals surface area contributed by atoms with Crippen LogP contribution < -0.4 is 5.32 Å². The lowest BCUT2D eigenvalue weighted by Crippen LogP contribution is -2.28. The molecule has 0 spiro atoms. The van der Waals surface area contributed by atoms with Crippen LogP contribution in [-0.4, -0.2) is 28.2 Å². The topological polar surface area (TPSA) is 62.3 Å². The van der Waals surface area contributed by atoms with Gasteiger partial charge in [-0.15, -0.1) is 11.3 Å². The van der Waals surface area contributed by atoms with Crippen LogP contribution in [0.25, 0.3) is 0 Å². The number of carbonyl (C=O) groups is 2. The van der Waals surface area contributed by atoms with Gasteiger partial charge in [0.1, 0.15) is 0 Å². The smallest absolute Gasteiger partial charge is 0.338 e. The van der Waals surface area contributed by atoms with Gasteiger partial charge in [-0.05, 0) is 37.0 Å². The van der Waals surface area contributed by atoms with E-state index in [0.717, 1.165) is 37.1 Å². The molecule has 0 bridgehead atoms. The molecule has 0 saturated carbocycles. The Kier molecular flexibility index (Phi) is 4.86. The predicted molar refractivity (Wildman–Crippen MR) is 97.7 cm³/mol. The molecule has 4 rings (SSSR count). The monoisotopic (exact) mass is 409 g/mol. The van der Waals surface area contributed by atoms with E-state index in [-0.39, 0.29) is 31.3 Å². The maximum Gasteiger partial charge on any atom is 0.416 e. The zero-order chi connectivity index (χ0) is 19.9. The van der Waals surface area contributed by atoms with Gasteiger partial charge in [-0.1, -0.05) is 12.1 Å². The molecule has 2 aromatic rings. The van der Waals surface area contributed by atoms with Crippen LogP contribution in [0.2, 0.25) is 0 Å². The van der Waals surface area contributed by atoms with Gasteiger partial charge in [0.15, 0.2) is 5.13 Å². The lowest BCUT2D eigenvalue weighted by atomic mass is 10.1. The molecule has 1 atom stereocenters. The summed E-state index contributed by atoms with van der Waals surface area (Å²) >= 11 is 1.47. The van der Waals surface area contributed by atoms with Crippen molar-refractivity contribution in [1.29, 1.82) is 0 Å². The number of halogens is 3. The maximum atomic E-state index is 12.9. The first-order valence-corrected chi connectivity index (χ1v) is 9.84. The second-order valence-corrected chi connectivity index (χ2v) is 8.19. The minimum atomic E-state index is -4.43. The zero-order valence-corrected chi connectivity index (χ0v) is 15.7. The summed E-state index contributed by atoms with van der Waals surface area (Å²) in [5.74, 6) is -1.04. The summed E-state index contributed by atoms with van der Waals surface area (Å²) in [6.07, 6.45) is -1.38. The Balaban J connectivity index is 1.39. The molecule has 2 aliphatic rings. The third-order valence-corrected chi connectivity index (χ3v) is 6.11. The second kappa shape index (κ2) is 7.20. The third kappa shape index (κ3) is 3.89. The molecule has 1 aromatic carbocycles. The summed E-state index contributed by atoms with van der Waals surface area (Å²) in [5.41, 5.74) is 0.678. The predicted octanol–water partition coefficient (Wildman–Crippen LogP) is 3.64. The van der Waals surface area contributed by atoms with E-state index in [1.54, 1.807) is 6.07 Å². The van der Waals surface area contributed by atoms with Crippen LogP contribution in [0, 0.1) is 5.92 Å². The minimum Gasteiger partial charge on any atom is -0.338 e. The van der Waals surface area contributed by atoms with Crippen LogP contribution >= 0.6 is 11.3 Å². The molecule has 0 radical (unpaired) electrons. The fraction of sp³-hybridized carbons (Fsp3) is 0.421. The summed E-state index contributed by atoms with van der Waals surface area (Å²) < 4.78 is 38.6. The van der Waals surface area contributed by atoms with E-state index in [1.165, 1.54) is 27.2 Å². The van der Waals surface area contributed by atoms with E-state index < -0.39 is 17.7 Å². The Labute approximate surface area is 163 Å². The van der Waals surface area contributed by atoms with Gasteiger partial charge in [0, 0.05) is 24.4 Å². The Bertz CT molecular complexity index is 904. The summed E-state index contributed by atoms with van der Waals surface area (Å²) in [7, 11) is 0. The fourth-order valence-electron chi connectivity index (χ4n) is 3.62. The summed E-state index contributed by atoms with van der Waals surface area (Å²) in [6.45, 7) is 0.240. The molecule has 0 unspecified atom stereocenters. The van der Waals surface area contributed by atoms with E-state index in [2.05, 4.69) is 10.3 Å². The number of fused-ring (bicyclic) bond motifs is 1. The molecule has 1 aliphatic carbocycles. The van der Waals surface area contributed by atoms with Crippen LogP contribution in [0.4, 0.5) is 18.3 Å². The van der Waals surface area contributed by atoms with Gasteiger partial charge in [-0.2, -0.15) is 13.2 Å². The fourth-order valence-corrected chi connectivity index (χ4v) is 4.67. The van der Waals surface area contributed by atoms with Crippen molar-refractivity contribution in [3.05, 3.63) is 46.0 Å². The molecule has 2 heterocycles. The van der Waals surface area contributed by atoms with E-state index in [0.29, 0.717) is 10.7 Å². The highest BCUT2D eigenvalue weighted by molar-refractivity contribution is 7.15. The Hall–Kier alpha value is -2.42. The number of aryl methyl sites for hydroxylation is 2. The van der Waals surface area contributed by atoms with Gasteiger partial charge in [0.2, 0.25) is 11.8 Å². The van der Waals surface area contributed by atoms with Crippen molar-refractivity contribution in [1.82, 2.24) is 9.88 Å². The molecule has 28 heavy (non-hydrogen) atoms. The average Bonchev–Trinajstić information content (AvgIpc) is 3.30. The highest BCUT2D eigenvalue weighted by atomic mass is 32.1. The summed E-state index contributed by atoms with van der Waals surface area (Å²) in [6, 6.07) is 4.91. The molecular formula is C19H18F3N3O2S. The number of carbonyl (C=O) groups excluding carboxylic acids is 2. The van der Waals surface area contributed by atoms with Crippen molar-refractivity contribution in [2.75, 3.05) is 11.9 Å². The van der Waals surface area contributed by atoms with Gasteiger partial charge in [0.05, 0.1) is 17.2 Å². The number of hydrogen-bond acceptors (Lipinski definition) is 4. The number of hydrogen-bond donors (Lipinski definition) is 1. The van der Waals surface area contributed by atoms with Crippen LogP contribution in [-0.2, 0) is 35.2 Å². The average molecular weight is 409 g/mol. The Morgan fingerprint density at radius 2 is 2.14 bits per heavy atom. The summed E-state index contributed by atoms with van der Waals surface area (Å²) in [4.78, 5) is 31.8. The van der Waals surface area contributed by atoms with Crippen molar-refractivity contribution >= 4 is 28.3 Å². The molecule has 148 valence electrons. The highest BCUT2D eigenvalue weighted by Gasteiger charge is 2.35. The molecule has 1 aromatic heterocycles. The first kappa shape index (κ1) is 18.9. The number of amides is 2. The zero-order valence-electron chi connectivity index (χ0n) is 14.9. The number of anilines is 1. The standard InChI is InChI=1S/C19H18F3N3O2S/c20-19(21,22)13-4-1-3-11(7-13)9-25-10-12(8-16(25)26)17(27)24-18-23-14-5-2-6-15(14)28-18/h1,3-4,7,12H,2,5-6,8-10H2,(H,23,24,27)/t12-/m0/s1. The molecular weight excluding hydrogens is 391 g/mol. The second-order valence-electron chi connectivity index (χ2n) is 7.11. The molecule has 5 nitrogen and oxygen atoms in total. The lowest BCUT2D eigenvalue weighted by molar-refractivity contribution is -0.137. The number of nitrogens with one attached hydrogen (secondary N) is 1. The lowest BCUT2D eigenvalue weighted by Gasteiger charge is -2.17. The quantitative estimate of drug-likeness (QED) is 0.839. The first-order valence-electron chi connectivity index (χ1n) is 9.03. The first-order chi connectivity index (χ1) is 13.3.